The van der Waals surface area contributed by atoms with Crippen molar-refractivity contribution in [3.63, 3.8) is 0 Å². The van der Waals surface area contributed by atoms with E-state index < -0.39 is 6.04 Å². The van der Waals surface area contributed by atoms with Crippen molar-refractivity contribution in [1.82, 2.24) is 19.7 Å². The molecule has 7 nitrogen and oxygen atoms in total. The molecule has 7 heteroatoms. The van der Waals surface area contributed by atoms with Crippen LogP contribution in [0.25, 0.3) is 0 Å². The van der Waals surface area contributed by atoms with E-state index in [2.05, 4.69) is 25.7 Å². The minimum Gasteiger partial charge on any atom is -0.328 e. The van der Waals surface area contributed by atoms with Gasteiger partial charge in [-0.15, -0.1) is 0 Å². The smallest absolute Gasteiger partial charge is 0.255 e. The number of allylic oxidation sites excluding steroid dienone is 1. The van der Waals surface area contributed by atoms with Gasteiger partial charge in [-0.05, 0) is 37.6 Å². The summed E-state index contributed by atoms with van der Waals surface area (Å²) in [6, 6.07) is 11.1. The summed E-state index contributed by atoms with van der Waals surface area (Å²) in [6.45, 7) is 3.87. The highest BCUT2D eigenvalue weighted by Gasteiger charge is 2.33. The van der Waals surface area contributed by atoms with E-state index in [1.807, 2.05) is 50.2 Å². The van der Waals surface area contributed by atoms with Gasteiger partial charge < -0.3 is 10.6 Å². The van der Waals surface area contributed by atoms with Gasteiger partial charge in [-0.2, -0.15) is 10.1 Å². The fourth-order valence-electron chi connectivity index (χ4n) is 3.07. The number of fused-ring (bicyclic) bond motifs is 1. The number of carbonyl (C=O) groups excluding carboxylic acids is 1. The van der Waals surface area contributed by atoms with E-state index in [4.69, 9.17) is 0 Å². The molecule has 4 rings (SSSR count). The fraction of sp³-hybridized carbons (Fsp3) is 0.158. The van der Waals surface area contributed by atoms with E-state index in [0.29, 0.717) is 11.5 Å². The molecule has 0 bridgehead atoms. The van der Waals surface area contributed by atoms with Gasteiger partial charge in [0.2, 0.25) is 5.95 Å². The van der Waals surface area contributed by atoms with Crippen molar-refractivity contribution in [2.24, 2.45) is 0 Å². The Morgan fingerprint density at radius 2 is 2.00 bits per heavy atom. The van der Waals surface area contributed by atoms with Crippen LogP contribution in [0.15, 0.2) is 66.4 Å². The molecule has 1 unspecified atom stereocenters. The summed E-state index contributed by atoms with van der Waals surface area (Å²) in [7, 11) is 0. The quantitative estimate of drug-likeness (QED) is 0.762. The van der Waals surface area contributed by atoms with E-state index in [0.717, 1.165) is 22.5 Å². The van der Waals surface area contributed by atoms with Crippen LogP contribution >= 0.6 is 0 Å². The standard InChI is InChI=1S/C19H18N6O/c1-12-5-7-15(8-6-12)24-18(26)16-13(2)23-19-21-11-22-25(19)17(16)14-4-3-9-20-10-14/h3-11,17H,1-2H3,(H,24,26)(H,21,22,23). The molecule has 3 aromatic rings. The van der Waals surface area contributed by atoms with Crippen LogP contribution in [-0.2, 0) is 4.79 Å². The first-order valence-electron chi connectivity index (χ1n) is 8.29. The Morgan fingerprint density at radius 3 is 2.73 bits per heavy atom. The van der Waals surface area contributed by atoms with Gasteiger partial charge in [-0.3, -0.25) is 9.78 Å². The highest BCUT2D eigenvalue weighted by Crippen LogP contribution is 2.34. The Hall–Kier alpha value is -3.48. The molecule has 26 heavy (non-hydrogen) atoms. The van der Waals surface area contributed by atoms with Crippen LogP contribution in [0, 0.1) is 6.92 Å². The number of benzene rings is 1. The molecule has 2 aromatic heterocycles. The molecule has 0 fully saturated rings. The lowest BCUT2D eigenvalue weighted by atomic mass is 9.96. The number of nitrogens with one attached hydrogen (secondary N) is 2. The zero-order valence-corrected chi connectivity index (χ0v) is 14.5. The predicted molar refractivity (Wildman–Crippen MR) is 98.5 cm³/mol. The second-order valence-corrected chi connectivity index (χ2v) is 6.20. The van der Waals surface area contributed by atoms with Crippen LogP contribution < -0.4 is 10.6 Å². The molecule has 2 N–H and O–H groups in total. The third-order valence-corrected chi connectivity index (χ3v) is 4.35. The predicted octanol–water partition coefficient (Wildman–Crippen LogP) is 2.91. The summed E-state index contributed by atoms with van der Waals surface area (Å²) in [5.74, 6) is 0.414. The molecule has 1 amide bonds. The minimum atomic E-state index is -0.395. The second kappa shape index (κ2) is 6.44. The summed E-state index contributed by atoms with van der Waals surface area (Å²) < 4.78 is 1.70. The van der Waals surface area contributed by atoms with Crippen molar-refractivity contribution < 1.29 is 4.79 Å². The number of aromatic nitrogens is 4. The maximum absolute atomic E-state index is 13.1. The number of hydrogen-bond donors (Lipinski definition) is 2. The molecular weight excluding hydrogens is 328 g/mol. The van der Waals surface area contributed by atoms with Crippen molar-refractivity contribution >= 4 is 17.5 Å². The first-order chi connectivity index (χ1) is 12.6. The average molecular weight is 346 g/mol. The number of rotatable bonds is 3. The number of pyridine rings is 1. The molecule has 0 spiro atoms. The van der Waals surface area contributed by atoms with Gasteiger partial charge in [0, 0.05) is 23.8 Å². The van der Waals surface area contributed by atoms with E-state index in [-0.39, 0.29) is 5.91 Å². The van der Waals surface area contributed by atoms with Crippen LogP contribution in [0.1, 0.15) is 24.1 Å². The Bertz CT molecular complexity index is 975. The Balaban J connectivity index is 1.74. The van der Waals surface area contributed by atoms with Gasteiger partial charge >= 0.3 is 0 Å². The highest BCUT2D eigenvalue weighted by atomic mass is 16.1. The van der Waals surface area contributed by atoms with Gasteiger partial charge in [0.1, 0.15) is 12.4 Å². The lowest BCUT2D eigenvalue weighted by Gasteiger charge is -2.28. The number of nitrogens with zero attached hydrogens (tertiary/aromatic N) is 4. The Morgan fingerprint density at radius 1 is 1.19 bits per heavy atom. The normalized spacial score (nSPS) is 16.0. The van der Waals surface area contributed by atoms with Crippen molar-refractivity contribution in [2.75, 3.05) is 10.6 Å². The Kier molecular flexibility index (Phi) is 3.96. The van der Waals surface area contributed by atoms with E-state index in [9.17, 15) is 4.79 Å². The van der Waals surface area contributed by atoms with E-state index in [1.165, 1.54) is 6.33 Å². The lowest BCUT2D eigenvalue weighted by Crippen LogP contribution is -2.31. The van der Waals surface area contributed by atoms with Crippen LogP contribution in [0.2, 0.25) is 0 Å². The van der Waals surface area contributed by atoms with Gasteiger partial charge in [0.15, 0.2) is 0 Å². The van der Waals surface area contributed by atoms with Crippen molar-refractivity contribution in [2.45, 2.75) is 19.9 Å². The van der Waals surface area contributed by atoms with Crippen molar-refractivity contribution in [3.8, 4) is 0 Å². The minimum absolute atomic E-state index is 0.186. The lowest BCUT2D eigenvalue weighted by molar-refractivity contribution is -0.113. The Labute approximate surface area is 150 Å². The van der Waals surface area contributed by atoms with Crippen LogP contribution in [0.3, 0.4) is 0 Å². The zero-order chi connectivity index (χ0) is 18.1. The summed E-state index contributed by atoms with van der Waals surface area (Å²) in [4.78, 5) is 21.5. The summed E-state index contributed by atoms with van der Waals surface area (Å²) in [5, 5.41) is 10.4. The molecule has 1 aliphatic rings. The molecule has 1 atom stereocenters. The summed E-state index contributed by atoms with van der Waals surface area (Å²) in [5.41, 5.74) is 4.07. The first kappa shape index (κ1) is 16.0. The summed E-state index contributed by atoms with van der Waals surface area (Å²) >= 11 is 0. The monoisotopic (exact) mass is 346 g/mol. The zero-order valence-electron chi connectivity index (χ0n) is 14.5. The molecule has 0 radical (unpaired) electrons. The van der Waals surface area contributed by atoms with Gasteiger partial charge in [0.25, 0.3) is 5.91 Å². The maximum Gasteiger partial charge on any atom is 0.255 e. The molecule has 0 saturated carbocycles. The van der Waals surface area contributed by atoms with E-state index >= 15 is 0 Å². The van der Waals surface area contributed by atoms with Crippen molar-refractivity contribution in [3.05, 3.63) is 77.5 Å². The van der Waals surface area contributed by atoms with Crippen molar-refractivity contribution in [1.29, 1.82) is 0 Å². The highest BCUT2D eigenvalue weighted by molar-refractivity contribution is 6.06. The molecular formula is C19H18N6O. The summed E-state index contributed by atoms with van der Waals surface area (Å²) in [6.07, 6.45) is 4.92. The fourth-order valence-corrected chi connectivity index (χ4v) is 3.07. The third-order valence-electron chi connectivity index (χ3n) is 4.35. The maximum atomic E-state index is 13.1. The molecule has 0 aliphatic carbocycles. The third kappa shape index (κ3) is 2.83. The van der Waals surface area contributed by atoms with Gasteiger partial charge in [-0.25, -0.2) is 4.68 Å². The van der Waals surface area contributed by atoms with E-state index in [1.54, 1.807) is 17.1 Å². The number of anilines is 2. The van der Waals surface area contributed by atoms with Crippen LogP contribution in [0.5, 0.6) is 0 Å². The second-order valence-electron chi connectivity index (χ2n) is 6.20. The first-order valence-corrected chi connectivity index (χ1v) is 8.29. The van der Waals surface area contributed by atoms with Gasteiger partial charge in [-0.1, -0.05) is 23.8 Å². The topological polar surface area (TPSA) is 84.7 Å². The molecule has 130 valence electrons. The SMILES string of the molecule is CC1=C(C(=O)Nc2ccc(C)cc2)C(c2cccnc2)n2ncnc2N1. The number of carbonyl (C=O) groups is 1. The molecule has 3 heterocycles. The molecule has 1 aromatic carbocycles. The largest absolute Gasteiger partial charge is 0.328 e. The number of hydrogen-bond acceptors (Lipinski definition) is 5. The molecule has 1 aliphatic heterocycles. The van der Waals surface area contributed by atoms with Crippen LogP contribution in [0.4, 0.5) is 11.6 Å². The van der Waals surface area contributed by atoms with Crippen LogP contribution in [-0.4, -0.2) is 25.7 Å². The van der Waals surface area contributed by atoms with Gasteiger partial charge in [0.05, 0.1) is 5.57 Å². The number of aryl methyl sites for hydroxylation is 1. The molecule has 0 saturated heterocycles. The number of amides is 1. The average Bonchev–Trinajstić information content (AvgIpc) is 3.11.